The molecule has 216 valence electrons. The number of nitrogens with zero attached hydrogens (tertiary/aromatic N) is 3. The Morgan fingerprint density at radius 1 is 1.10 bits per heavy atom. The number of nitrogens with one attached hydrogen (secondary N) is 1. The number of rotatable bonds is 8. The molecule has 41 heavy (non-hydrogen) atoms. The first-order valence-corrected chi connectivity index (χ1v) is 16.1. The van der Waals surface area contributed by atoms with Gasteiger partial charge in [-0.25, -0.2) is 8.42 Å². The summed E-state index contributed by atoms with van der Waals surface area (Å²) < 4.78 is 27.8. The summed E-state index contributed by atoms with van der Waals surface area (Å²) in [4.78, 5) is 46.9. The number of ketones is 1. The highest BCUT2D eigenvalue weighted by Gasteiger charge is 2.54. The molecule has 2 aliphatic heterocycles. The van der Waals surface area contributed by atoms with Crippen LogP contribution in [-0.4, -0.2) is 71.4 Å². The largest absolute Gasteiger partial charge is 0.340 e. The van der Waals surface area contributed by atoms with Crippen molar-refractivity contribution in [1.29, 1.82) is 0 Å². The van der Waals surface area contributed by atoms with E-state index in [1.807, 2.05) is 29.6 Å². The van der Waals surface area contributed by atoms with Crippen LogP contribution in [0.2, 0.25) is 0 Å². The Labute approximate surface area is 244 Å². The number of thiophene rings is 1. The third kappa shape index (κ3) is 6.27. The fourth-order valence-electron chi connectivity index (χ4n) is 5.53. The Morgan fingerprint density at radius 2 is 1.85 bits per heavy atom. The fraction of sp³-hybridized carbons (Fsp3) is 0.400. The molecule has 0 bridgehead atoms. The molecule has 2 fully saturated rings. The monoisotopic (exact) mass is 594 g/mol. The number of carbonyl (C=O) groups is 3. The van der Waals surface area contributed by atoms with Gasteiger partial charge < -0.3 is 10.2 Å². The molecule has 4 heterocycles. The van der Waals surface area contributed by atoms with Crippen molar-refractivity contribution in [2.45, 2.75) is 62.9 Å². The molecule has 2 saturated heterocycles. The number of amides is 2. The Kier molecular flexibility index (Phi) is 8.13. The summed E-state index contributed by atoms with van der Waals surface area (Å²) in [5, 5.41) is 4.80. The fourth-order valence-corrected chi connectivity index (χ4v) is 7.95. The number of sulfonamides is 1. The van der Waals surface area contributed by atoms with Gasteiger partial charge in [-0.3, -0.25) is 19.4 Å². The van der Waals surface area contributed by atoms with Gasteiger partial charge in [-0.2, -0.15) is 4.31 Å². The molecule has 5 rings (SSSR count). The van der Waals surface area contributed by atoms with Crippen molar-refractivity contribution in [2.24, 2.45) is 0 Å². The molecule has 1 aromatic carbocycles. The van der Waals surface area contributed by atoms with E-state index < -0.39 is 28.1 Å². The van der Waals surface area contributed by atoms with E-state index in [2.05, 4.69) is 31.1 Å². The zero-order chi connectivity index (χ0) is 29.4. The van der Waals surface area contributed by atoms with E-state index in [1.165, 1.54) is 26.7 Å². The lowest BCUT2D eigenvalue weighted by Gasteiger charge is -2.28. The predicted octanol–water partition coefficient (Wildman–Crippen LogP) is 3.17. The molecule has 9 nitrogen and oxygen atoms in total. The minimum Gasteiger partial charge on any atom is -0.340 e. The maximum atomic E-state index is 13.9. The van der Waals surface area contributed by atoms with Crippen molar-refractivity contribution in [3.63, 3.8) is 0 Å². The van der Waals surface area contributed by atoms with Crippen LogP contribution in [0.4, 0.5) is 0 Å². The number of hydrogen-bond donors (Lipinski definition) is 1. The van der Waals surface area contributed by atoms with E-state index in [9.17, 15) is 22.8 Å². The maximum Gasteiger partial charge on any atom is 0.251 e. The van der Waals surface area contributed by atoms with E-state index in [0.717, 1.165) is 10.4 Å². The van der Waals surface area contributed by atoms with Gasteiger partial charge >= 0.3 is 0 Å². The molecule has 2 amide bonds. The lowest BCUT2D eigenvalue weighted by Crippen LogP contribution is -2.53. The number of likely N-dealkylation sites (tertiary alicyclic amines) is 1. The first-order chi connectivity index (χ1) is 19.4. The Bertz CT molecular complexity index is 1520. The number of carbonyl (C=O) groups excluding carboxylic acids is 3. The van der Waals surface area contributed by atoms with Crippen molar-refractivity contribution >= 4 is 39.0 Å². The minimum atomic E-state index is -3.84. The molecule has 3 aromatic rings. The van der Waals surface area contributed by atoms with Crippen LogP contribution in [0, 0.1) is 0 Å². The summed E-state index contributed by atoms with van der Waals surface area (Å²) >= 11 is 1.48. The average molecular weight is 595 g/mol. The number of benzene rings is 1. The van der Waals surface area contributed by atoms with Gasteiger partial charge in [-0.1, -0.05) is 45.0 Å². The number of fused-ring (bicyclic) bond motifs is 1. The second-order valence-electron chi connectivity index (χ2n) is 11.6. The number of aromatic nitrogens is 1. The van der Waals surface area contributed by atoms with Crippen LogP contribution >= 0.6 is 11.3 Å². The third-order valence-electron chi connectivity index (χ3n) is 7.68. The second-order valence-corrected chi connectivity index (χ2v) is 14.5. The van der Waals surface area contributed by atoms with Gasteiger partial charge in [0.2, 0.25) is 15.9 Å². The highest BCUT2D eigenvalue weighted by molar-refractivity contribution is 7.88. The van der Waals surface area contributed by atoms with Crippen LogP contribution in [0.5, 0.6) is 0 Å². The van der Waals surface area contributed by atoms with Crippen molar-refractivity contribution in [3.05, 3.63) is 87.9 Å². The molecule has 0 radical (unpaired) electrons. The molecule has 11 heteroatoms. The molecule has 2 aliphatic rings. The Morgan fingerprint density at radius 3 is 2.49 bits per heavy atom. The van der Waals surface area contributed by atoms with Gasteiger partial charge in [0.05, 0.1) is 18.3 Å². The highest BCUT2D eigenvalue weighted by atomic mass is 32.2. The average Bonchev–Trinajstić information content (AvgIpc) is 3.67. The molecule has 0 saturated carbocycles. The second kappa shape index (κ2) is 11.5. The summed E-state index contributed by atoms with van der Waals surface area (Å²) in [6.07, 6.45) is 2.14. The third-order valence-corrected chi connectivity index (χ3v) is 10.3. The van der Waals surface area contributed by atoms with Gasteiger partial charge in [-0.15, -0.1) is 11.3 Å². The molecule has 0 aliphatic carbocycles. The van der Waals surface area contributed by atoms with Crippen molar-refractivity contribution < 1.29 is 22.8 Å². The molecular formula is C30H34N4O5S2. The summed E-state index contributed by atoms with van der Waals surface area (Å²) in [5.74, 6) is -1.40. The zero-order valence-corrected chi connectivity index (χ0v) is 25.0. The lowest BCUT2D eigenvalue weighted by molar-refractivity contribution is -0.138. The first kappa shape index (κ1) is 29.1. The molecular weight excluding hydrogens is 560 g/mol. The molecule has 1 N–H and O–H groups in total. The lowest BCUT2D eigenvalue weighted by atomic mass is 9.86. The van der Waals surface area contributed by atoms with Gasteiger partial charge in [0.15, 0.2) is 5.78 Å². The quantitative estimate of drug-likeness (QED) is 0.428. The first-order valence-electron chi connectivity index (χ1n) is 13.6. The number of hydrogen-bond acceptors (Lipinski definition) is 7. The van der Waals surface area contributed by atoms with Crippen LogP contribution in [0.25, 0.3) is 0 Å². The number of Topliss-reactive ketones (excluding diaryl/α,β-unsaturated/α-hetero) is 1. The van der Waals surface area contributed by atoms with E-state index in [1.54, 1.807) is 30.3 Å². The minimum absolute atomic E-state index is 0.0637. The maximum absolute atomic E-state index is 13.9. The SMILES string of the molecule is CC(C)(C)c1ccc(C(=O)NC(Cc2cccs2)C(=O)N2CCC3C2C(=O)CN3S(=O)(=O)Cc2ccccn2)cc1. The van der Waals surface area contributed by atoms with E-state index in [0.29, 0.717) is 17.7 Å². The molecule has 0 spiro atoms. The van der Waals surface area contributed by atoms with E-state index in [-0.39, 0.29) is 48.3 Å². The van der Waals surface area contributed by atoms with Crippen molar-refractivity contribution in [3.8, 4) is 0 Å². The smallest absolute Gasteiger partial charge is 0.251 e. The molecule has 2 aromatic heterocycles. The van der Waals surface area contributed by atoms with Crippen LogP contribution in [0.3, 0.4) is 0 Å². The van der Waals surface area contributed by atoms with Crippen LogP contribution in [0.1, 0.15) is 53.7 Å². The molecule has 3 atom stereocenters. The van der Waals surface area contributed by atoms with Crippen LogP contribution in [-0.2, 0) is 37.2 Å². The van der Waals surface area contributed by atoms with E-state index >= 15 is 0 Å². The zero-order valence-electron chi connectivity index (χ0n) is 23.3. The van der Waals surface area contributed by atoms with Crippen LogP contribution in [0.15, 0.2) is 66.2 Å². The summed E-state index contributed by atoms with van der Waals surface area (Å²) in [6, 6.07) is 13.7. The summed E-state index contributed by atoms with van der Waals surface area (Å²) in [6.45, 7) is 6.23. The van der Waals surface area contributed by atoms with Gasteiger partial charge in [0.1, 0.15) is 17.8 Å². The topological polar surface area (TPSA) is 117 Å². The van der Waals surface area contributed by atoms with Gasteiger partial charge in [0.25, 0.3) is 5.91 Å². The molecule has 3 unspecified atom stereocenters. The summed E-state index contributed by atoms with van der Waals surface area (Å²) in [7, 11) is -3.84. The van der Waals surface area contributed by atoms with Gasteiger partial charge in [0, 0.05) is 29.6 Å². The standard InChI is InChI=1S/C30H34N4O5S2/c1-30(2,3)21-11-9-20(10-12-21)28(36)32-24(17-23-8-6-16-40-23)29(37)33-15-13-25-27(33)26(35)18-34(25)41(38,39)19-22-7-4-5-14-31-22/h4-12,14,16,24-25,27H,13,15,17-19H2,1-3H3,(H,32,36). The van der Waals surface area contributed by atoms with Crippen molar-refractivity contribution in [1.82, 2.24) is 19.5 Å². The van der Waals surface area contributed by atoms with E-state index in [4.69, 9.17) is 0 Å². The summed E-state index contributed by atoms with van der Waals surface area (Å²) in [5.41, 5.74) is 1.85. The number of pyridine rings is 1. The predicted molar refractivity (Wildman–Crippen MR) is 157 cm³/mol. The van der Waals surface area contributed by atoms with Crippen LogP contribution < -0.4 is 5.32 Å². The normalized spacial score (nSPS) is 20.2. The highest BCUT2D eigenvalue weighted by Crippen LogP contribution is 2.33. The Balaban J connectivity index is 1.34. The van der Waals surface area contributed by atoms with Gasteiger partial charge in [-0.05, 0) is 53.1 Å². The van der Waals surface area contributed by atoms with Crippen molar-refractivity contribution in [2.75, 3.05) is 13.1 Å². The Hall–Kier alpha value is -3.41.